The Labute approximate surface area is 178 Å². The molecule has 3 aromatic rings. The molecule has 3 rings (SSSR count). The summed E-state index contributed by atoms with van der Waals surface area (Å²) in [6.07, 6.45) is 1.26. The molecule has 0 spiro atoms. The van der Waals surface area contributed by atoms with E-state index in [2.05, 4.69) is 10.1 Å². The topological polar surface area (TPSA) is 59.2 Å². The predicted octanol–water partition coefficient (Wildman–Crippen LogP) is 5.57. The molecule has 0 fully saturated rings. The fourth-order valence-corrected chi connectivity index (χ4v) is 3.57. The standard InChI is InChI=1S/C20H19Cl2N3O2S/c1-25(19(26)3-2-12-28-17-10-8-16(22)9-11-17)13-18-23-20(24-27-18)14-4-6-15(21)7-5-14/h4-11H,2-3,12-13H2,1H3. The Balaban J connectivity index is 1.44. The van der Waals surface area contributed by atoms with Gasteiger partial charge in [0.25, 0.3) is 0 Å². The van der Waals surface area contributed by atoms with Crippen LogP contribution in [0.25, 0.3) is 11.4 Å². The number of benzene rings is 2. The van der Waals surface area contributed by atoms with Crippen molar-refractivity contribution in [3.8, 4) is 11.4 Å². The summed E-state index contributed by atoms with van der Waals surface area (Å²) in [6, 6.07) is 14.9. The van der Waals surface area contributed by atoms with E-state index in [1.807, 2.05) is 36.4 Å². The molecular formula is C20H19Cl2N3O2S. The van der Waals surface area contributed by atoms with Gasteiger partial charge in [0, 0.05) is 34.0 Å². The maximum absolute atomic E-state index is 12.3. The Morgan fingerprint density at radius 3 is 2.39 bits per heavy atom. The number of rotatable bonds is 8. The van der Waals surface area contributed by atoms with Crippen LogP contribution in [0.15, 0.2) is 57.9 Å². The van der Waals surface area contributed by atoms with Crippen LogP contribution < -0.4 is 0 Å². The first-order valence-electron chi connectivity index (χ1n) is 8.72. The first-order chi connectivity index (χ1) is 13.5. The Bertz CT molecular complexity index is 914. The number of carbonyl (C=O) groups is 1. The number of halogens is 2. The van der Waals surface area contributed by atoms with E-state index in [1.165, 1.54) is 0 Å². The molecule has 0 saturated heterocycles. The van der Waals surface area contributed by atoms with Crippen LogP contribution in [0, 0.1) is 0 Å². The van der Waals surface area contributed by atoms with Gasteiger partial charge in [-0.3, -0.25) is 4.79 Å². The molecule has 146 valence electrons. The van der Waals surface area contributed by atoms with Crippen molar-refractivity contribution in [1.29, 1.82) is 0 Å². The van der Waals surface area contributed by atoms with Crippen LogP contribution in [0.1, 0.15) is 18.7 Å². The number of thioether (sulfide) groups is 1. The average Bonchev–Trinajstić information content (AvgIpc) is 3.15. The van der Waals surface area contributed by atoms with E-state index in [4.69, 9.17) is 27.7 Å². The van der Waals surface area contributed by atoms with E-state index in [9.17, 15) is 4.79 Å². The first-order valence-corrected chi connectivity index (χ1v) is 10.5. The van der Waals surface area contributed by atoms with Gasteiger partial charge in [0.15, 0.2) is 0 Å². The summed E-state index contributed by atoms with van der Waals surface area (Å²) >= 11 is 13.5. The van der Waals surface area contributed by atoms with E-state index in [0.29, 0.717) is 23.2 Å². The summed E-state index contributed by atoms with van der Waals surface area (Å²) in [5, 5.41) is 5.33. The van der Waals surface area contributed by atoms with Gasteiger partial charge in [-0.25, -0.2) is 0 Å². The highest BCUT2D eigenvalue weighted by atomic mass is 35.5. The van der Waals surface area contributed by atoms with Crippen LogP contribution in [0.2, 0.25) is 10.0 Å². The van der Waals surface area contributed by atoms with Crippen LogP contribution in [-0.2, 0) is 11.3 Å². The van der Waals surface area contributed by atoms with Crippen molar-refractivity contribution in [3.63, 3.8) is 0 Å². The molecular weight excluding hydrogens is 417 g/mol. The van der Waals surface area contributed by atoms with E-state index >= 15 is 0 Å². The van der Waals surface area contributed by atoms with Crippen molar-refractivity contribution < 1.29 is 9.32 Å². The molecule has 0 aliphatic heterocycles. The van der Waals surface area contributed by atoms with Crippen LogP contribution >= 0.6 is 35.0 Å². The van der Waals surface area contributed by atoms with E-state index in [0.717, 1.165) is 27.7 Å². The lowest BCUT2D eigenvalue weighted by Crippen LogP contribution is -2.26. The summed E-state index contributed by atoms with van der Waals surface area (Å²) in [7, 11) is 1.74. The lowest BCUT2D eigenvalue weighted by Gasteiger charge is -2.14. The second-order valence-electron chi connectivity index (χ2n) is 6.17. The smallest absolute Gasteiger partial charge is 0.246 e. The zero-order valence-electron chi connectivity index (χ0n) is 15.3. The number of hydrogen-bond acceptors (Lipinski definition) is 5. The molecule has 1 amide bonds. The van der Waals surface area contributed by atoms with Crippen molar-refractivity contribution >= 4 is 40.9 Å². The molecule has 0 N–H and O–H groups in total. The second-order valence-corrected chi connectivity index (χ2v) is 8.22. The van der Waals surface area contributed by atoms with Gasteiger partial charge < -0.3 is 9.42 Å². The summed E-state index contributed by atoms with van der Waals surface area (Å²) in [4.78, 5) is 19.4. The maximum Gasteiger partial charge on any atom is 0.246 e. The van der Waals surface area contributed by atoms with Crippen molar-refractivity contribution in [2.45, 2.75) is 24.3 Å². The normalized spacial score (nSPS) is 10.8. The zero-order valence-corrected chi connectivity index (χ0v) is 17.6. The van der Waals surface area contributed by atoms with Crippen molar-refractivity contribution in [1.82, 2.24) is 15.0 Å². The average molecular weight is 436 g/mol. The third-order valence-corrected chi connectivity index (χ3v) is 5.59. The molecule has 8 heteroatoms. The Morgan fingerprint density at radius 2 is 1.71 bits per heavy atom. The molecule has 0 unspecified atom stereocenters. The predicted molar refractivity (Wildman–Crippen MR) is 113 cm³/mol. The Morgan fingerprint density at radius 1 is 1.07 bits per heavy atom. The molecule has 28 heavy (non-hydrogen) atoms. The van der Waals surface area contributed by atoms with E-state index in [1.54, 1.807) is 35.8 Å². The van der Waals surface area contributed by atoms with Crippen LogP contribution in [0.5, 0.6) is 0 Å². The minimum absolute atomic E-state index is 0.0444. The fraction of sp³-hybridized carbons (Fsp3) is 0.250. The highest BCUT2D eigenvalue weighted by Gasteiger charge is 2.14. The first kappa shape index (κ1) is 20.7. The number of carbonyl (C=O) groups excluding carboxylic acids is 1. The monoisotopic (exact) mass is 435 g/mol. The summed E-state index contributed by atoms with van der Waals surface area (Å²) in [5.74, 6) is 1.79. The highest BCUT2D eigenvalue weighted by molar-refractivity contribution is 7.99. The van der Waals surface area contributed by atoms with Crippen molar-refractivity contribution in [3.05, 3.63) is 64.5 Å². The van der Waals surface area contributed by atoms with Crippen LogP contribution in [0.3, 0.4) is 0 Å². The lowest BCUT2D eigenvalue weighted by atomic mass is 10.2. The number of nitrogens with zero attached hydrogens (tertiary/aromatic N) is 3. The highest BCUT2D eigenvalue weighted by Crippen LogP contribution is 2.22. The molecule has 0 aliphatic rings. The minimum Gasteiger partial charge on any atom is -0.337 e. The third kappa shape index (κ3) is 5.99. The van der Waals surface area contributed by atoms with Crippen molar-refractivity contribution in [2.24, 2.45) is 0 Å². The number of amides is 1. The lowest BCUT2D eigenvalue weighted by molar-refractivity contribution is -0.130. The molecule has 1 aromatic heterocycles. The van der Waals surface area contributed by atoms with E-state index < -0.39 is 0 Å². The Hall–Kier alpha value is -2.02. The molecule has 0 bridgehead atoms. The Kier molecular flexibility index (Phi) is 7.36. The molecule has 1 heterocycles. The van der Waals surface area contributed by atoms with Gasteiger partial charge in [0.2, 0.25) is 17.6 Å². The molecule has 0 aliphatic carbocycles. The van der Waals surface area contributed by atoms with Crippen molar-refractivity contribution in [2.75, 3.05) is 12.8 Å². The van der Waals surface area contributed by atoms with Gasteiger partial charge in [0.05, 0.1) is 6.54 Å². The van der Waals surface area contributed by atoms with Crippen LogP contribution in [-0.4, -0.2) is 33.7 Å². The van der Waals surface area contributed by atoms with Crippen LogP contribution in [0.4, 0.5) is 0 Å². The fourth-order valence-electron chi connectivity index (χ4n) is 2.46. The SMILES string of the molecule is CN(Cc1nc(-c2ccc(Cl)cc2)no1)C(=O)CCCSc1ccc(Cl)cc1. The van der Waals surface area contributed by atoms with Gasteiger partial charge >= 0.3 is 0 Å². The molecule has 5 nitrogen and oxygen atoms in total. The number of aromatic nitrogens is 2. The van der Waals surface area contributed by atoms with Gasteiger partial charge in [-0.05, 0) is 60.7 Å². The molecule has 0 saturated carbocycles. The zero-order chi connectivity index (χ0) is 19.9. The maximum atomic E-state index is 12.3. The van der Waals surface area contributed by atoms with Gasteiger partial charge in [-0.2, -0.15) is 4.98 Å². The minimum atomic E-state index is 0.0444. The third-order valence-electron chi connectivity index (χ3n) is 3.99. The summed E-state index contributed by atoms with van der Waals surface area (Å²) in [6.45, 7) is 0.281. The molecule has 0 atom stereocenters. The van der Waals surface area contributed by atoms with Gasteiger partial charge in [-0.15, -0.1) is 11.8 Å². The molecule has 0 radical (unpaired) electrons. The number of hydrogen-bond donors (Lipinski definition) is 0. The second kappa shape index (κ2) is 9.96. The van der Waals surface area contributed by atoms with Gasteiger partial charge in [0.1, 0.15) is 0 Å². The molecule has 2 aromatic carbocycles. The summed E-state index contributed by atoms with van der Waals surface area (Å²) in [5.41, 5.74) is 0.813. The largest absolute Gasteiger partial charge is 0.337 e. The summed E-state index contributed by atoms with van der Waals surface area (Å²) < 4.78 is 5.26. The quantitative estimate of drug-likeness (QED) is 0.341. The van der Waals surface area contributed by atoms with E-state index in [-0.39, 0.29) is 12.5 Å². The van der Waals surface area contributed by atoms with Gasteiger partial charge in [-0.1, -0.05) is 28.4 Å².